The Morgan fingerprint density at radius 1 is 0.939 bits per heavy atom. The van der Waals surface area contributed by atoms with Crippen LogP contribution in [0.5, 0.6) is 5.75 Å². The van der Waals surface area contributed by atoms with E-state index in [2.05, 4.69) is 20.3 Å². The van der Waals surface area contributed by atoms with Gasteiger partial charge in [-0.15, -0.1) is 0 Å². The van der Waals surface area contributed by atoms with Gasteiger partial charge in [0.15, 0.2) is 0 Å². The van der Waals surface area contributed by atoms with Gasteiger partial charge in [-0.25, -0.2) is 15.0 Å². The second-order valence-corrected chi connectivity index (χ2v) is 7.11. The molecule has 2 heterocycles. The number of hydrogen-bond donors (Lipinski definition) is 1. The lowest BCUT2D eigenvalue weighted by Crippen LogP contribution is -2.21. The lowest BCUT2D eigenvalue weighted by atomic mass is 10.2. The number of ether oxygens (including phenoxy) is 1. The van der Waals surface area contributed by atoms with E-state index in [1.54, 1.807) is 30.3 Å². The highest BCUT2D eigenvalue weighted by atomic mass is 16.6. The minimum absolute atomic E-state index is 0.134. The largest absolute Gasteiger partial charge is 0.497 e. The molecule has 33 heavy (non-hydrogen) atoms. The Balaban J connectivity index is 1.70. The number of anilines is 3. The summed E-state index contributed by atoms with van der Waals surface area (Å²) < 4.78 is 5.17. The number of benzene rings is 2. The van der Waals surface area contributed by atoms with E-state index in [9.17, 15) is 10.1 Å². The van der Waals surface area contributed by atoms with Crippen molar-refractivity contribution in [2.75, 3.05) is 17.3 Å². The Labute approximate surface area is 190 Å². The van der Waals surface area contributed by atoms with Gasteiger partial charge >= 0.3 is 5.69 Å². The first-order valence-corrected chi connectivity index (χ1v) is 10.2. The second-order valence-electron chi connectivity index (χ2n) is 7.11. The van der Waals surface area contributed by atoms with Gasteiger partial charge in [-0.05, 0) is 35.4 Å². The molecule has 0 spiro atoms. The van der Waals surface area contributed by atoms with E-state index in [1.807, 2.05) is 60.7 Å². The lowest BCUT2D eigenvalue weighted by molar-refractivity contribution is -0.383. The fourth-order valence-electron chi connectivity index (χ4n) is 3.34. The quantitative estimate of drug-likeness (QED) is 0.293. The van der Waals surface area contributed by atoms with Gasteiger partial charge in [0.2, 0.25) is 11.6 Å². The third-order valence-corrected chi connectivity index (χ3v) is 4.97. The molecule has 2 aromatic heterocycles. The molecule has 9 heteroatoms. The molecule has 0 saturated heterocycles. The number of aromatic nitrogens is 3. The SMILES string of the molecule is COc1ccc(CNc2ncnc(N(Cc3ccccc3)c3ccccn3)c2[N+](=O)[O-])cc1. The van der Waals surface area contributed by atoms with Gasteiger partial charge in [-0.3, -0.25) is 10.1 Å². The third-order valence-electron chi connectivity index (χ3n) is 4.97. The molecule has 4 aromatic rings. The van der Waals surface area contributed by atoms with Crippen molar-refractivity contribution in [3.8, 4) is 5.75 Å². The zero-order valence-electron chi connectivity index (χ0n) is 18.0. The van der Waals surface area contributed by atoms with Gasteiger partial charge in [0.1, 0.15) is 17.9 Å². The Morgan fingerprint density at radius 3 is 2.36 bits per heavy atom. The number of nitrogens with zero attached hydrogens (tertiary/aromatic N) is 5. The minimum Gasteiger partial charge on any atom is -0.497 e. The van der Waals surface area contributed by atoms with Crippen LogP contribution >= 0.6 is 0 Å². The summed E-state index contributed by atoms with van der Waals surface area (Å²) in [6.07, 6.45) is 2.96. The monoisotopic (exact) mass is 442 g/mol. The fourth-order valence-corrected chi connectivity index (χ4v) is 3.34. The molecule has 4 rings (SSSR count). The maximum absolute atomic E-state index is 12.1. The van der Waals surface area contributed by atoms with Gasteiger partial charge in [0.25, 0.3) is 0 Å². The van der Waals surface area contributed by atoms with E-state index in [4.69, 9.17) is 4.74 Å². The van der Waals surface area contributed by atoms with Crippen molar-refractivity contribution in [3.05, 3.63) is 107 Å². The molecule has 166 valence electrons. The van der Waals surface area contributed by atoms with Crippen molar-refractivity contribution in [1.29, 1.82) is 0 Å². The van der Waals surface area contributed by atoms with Crippen LogP contribution in [0.15, 0.2) is 85.3 Å². The van der Waals surface area contributed by atoms with E-state index < -0.39 is 4.92 Å². The van der Waals surface area contributed by atoms with Crippen LogP contribution in [0, 0.1) is 10.1 Å². The summed E-state index contributed by atoms with van der Waals surface area (Å²) in [6, 6.07) is 22.5. The van der Waals surface area contributed by atoms with Crippen LogP contribution < -0.4 is 15.0 Å². The number of methoxy groups -OCH3 is 1. The second kappa shape index (κ2) is 10.2. The Bertz CT molecular complexity index is 1200. The van der Waals surface area contributed by atoms with Crippen molar-refractivity contribution in [2.45, 2.75) is 13.1 Å². The zero-order valence-corrected chi connectivity index (χ0v) is 18.0. The van der Waals surface area contributed by atoms with Gasteiger partial charge in [0, 0.05) is 12.7 Å². The molecule has 1 N–H and O–H groups in total. The summed E-state index contributed by atoms with van der Waals surface area (Å²) in [6.45, 7) is 0.706. The first kappa shape index (κ1) is 21.7. The van der Waals surface area contributed by atoms with Gasteiger partial charge in [0.05, 0.1) is 18.6 Å². The smallest absolute Gasteiger partial charge is 0.353 e. The predicted molar refractivity (Wildman–Crippen MR) is 126 cm³/mol. The van der Waals surface area contributed by atoms with Crippen molar-refractivity contribution in [1.82, 2.24) is 15.0 Å². The molecule has 0 aliphatic heterocycles. The van der Waals surface area contributed by atoms with Crippen LogP contribution in [0.4, 0.5) is 23.1 Å². The molecule has 0 bridgehead atoms. The van der Waals surface area contributed by atoms with Crippen LogP contribution in [0.2, 0.25) is 0 Å². The standard InChI is InChI=1S/C24H22N6O3/c1-33-20-12-10-18(11-13-20)15-26-23-22(30(31)32)24(28-17-27-23)29(21-9-5-6-14-25-21)16-19-7-3-2-4-8-19/h2-14,17H,15-16H2,1H3,(H,26,27,28). The Morgan fingerprint density at radius 2 is 1.70 bits per heavy atom. The van der Waals surface area contributed by atoms with E-state index in [0.29, 0.717) is 18.9 Å². The number of nitrogens with one attached hydrogen (secondary N) is 1. The summed E-state index contributed by atoms with van der Waals surface area (Å²) in [4.78, 5) is 26.2. The van der Waals surface area contributed by atoms with Gasteiger partial charge in [-0.1, -0.05) is 48.5 Å². The zero-order chi connectivity index (χ0) is 23.0. The molecule has 0 aliphatic rings. The normalized spacial score (nSPS) is 10.5. The Kier molecular flexibility index (Phi) is 6.70. The molecule has 0 saturated carbocycles. The number of pyridine rings is 1. The van der Waals surface area contributed by atoms with Crippen molar-refractivity contribution >= 4 is 23.1 Å². The molecule has 0 fully saturated rings. The highest BCUT2D eigenvalue weighted by Gasteiger charge is 2.28. The summed E-state index contributed by atoms with van der Waals surface area (Å²) in [5.41, 5.74) is 1.67. The van der Waals surface area contributed by atoms with Crippen LogP contribution in [0.1, 0.15) is 11.1 Å². The maximum Gasteiger partial charge on any atom is 0.353 e. The molecule has 0 atom stereocenters. The molecule has 0 radical (unpaired) electrons. The Hall–Kier alpha value is -4.53. The van der Waals surface area contributed by atoms with Crippen LogP contribution in [-0.4, -0.2) is 27.0 Å². The highest BCUT2D eigenvalue weighted by Crippen LogP contribution is 2.36. The van der Waals surface area contributed by atoms with E-state index in [-0.39, 0.29) is 17.3 Å². The van der Waals surface area contributed by atoms with E-state index >= 15 is 0 Å². The number of nitro groups is 1. The topological polar surface area (TPSA) is 106 Å². The maximum atomic E-state index is 12.1. The summed E-state index contributed by atoms with van der Waals surface area (Å²) in [7, 11) is 1.60. The van der Waals surface area contributed by atoms with E-state index in [0.717, 1.165) is 16.9 Å². The third kappa shape index (κ3) is 5.21. The lowest BCUT2D eigenvalue weighted by Gasteiger charge is -2.23. The van der Waals surface area contributed by atoms with Crippen LogP contribution in [0.25, 0.3) is 0 Å². The average molecular weight is 442 g/mol. The molecule has 0 amide bonds. The molecule has 0 aliphatic carbocycles. The first-order valence-electron chi connectivity index (χ1n) is 10.2. The average Bonchev–Trinajstić information content (AvgIpc) is 2.87. The summed E-state index contributed by atoms with van der Waals surface area (Å²) in [5.74, 6) is 1.58. The molecule has 0 unspecified atom stereocenters. The predicted octanol–water partition coefficient (Wildman–Crippen LogP) is 4.74. The minimum atomic E-state index is -0.466. The van der Waals surface area contributed by atoms with E-state index in [1.165, 1.54) is 6.33 Å². The molecular formula is C24H22N6O3. The number of rotatable bonds is 9. The summed E-state index contributed by atoms with van der Waals surface area (Å²) in [5, 5.41) is 15.2. The van der Waals surface area contributed by atoms with Crippen LogP contribution in [0.3, 0.4) is 0 Å². The van der Waals surface area contributed by atoms with Crippen molar-refractivity contribution < 1.29 is 9.66 Å². The van der Waals surface area contributed by atoms with Crippen molar-refractivity contribution in [3.63, 3.8) is 0 Å². The first-order chi connectivity index (χ1) is 16.2. The summed E-state index contributed by atoms with van der Waals surface area (Å²) >= 11 is 0. The van der Waals surface area contributed by atoms with Gasteiger partial charge in [-0.2, -0.15) is 0 Å². The van der Waals surface area contributed by atoms with Gasteiger partial charge < -0.3 is 15.0 Å². The fraction of sp³-hybridized carbons (Fsp3) is 0.125. The molecular weight excluding hydrogens is 420 g/mol. The van der Waals surface area contributed by atoms with Crippen molar-refractivity contribution in [2.24, 2.45) is 0 Å². The molecule has 2 aromatic carbocycles. The van der Waals surface area contributed by atoms with Crippen LogP contribution in [-0.2, 0) is 13.1 Å². The number of hydrogen-bond acceptors (Lipinski definition) is 8. The highest BCUT2D eigenvalue weighted by molar-refractivity contribution is 5.74. The molecule has 9 nitrogen and oxygen atoms in total.